The maximum Gasteiger partial charge on any atom is 0.410 e. The van der Waals surface area contributed by atoms with E-state index in [1.807, 2.05) is 51.2 Å². The lowest BCUT2D eigenvalue weighted by Crippen LogP contribution is -2.50. The summed E-state index contributed by atoms with van der Waals surface area (Å²) < 4.78 is 7.75. The first-order chi connectivity index (χ1) is 26.6. The first-order valence-corrected chi connectivity index (χ1v) is 19.2. The zero-order valence-electron chi connectivity index (χ0n) is 31.5. The van der Waals surface area contributed by atoms with Gasteiger partial charge in [-0.15, -0.1) is 0 Å². The average Bonchev–Trinajstić information content (AvgIpc) is 3.91. The zero-order valence-corrected chi connectivity index (χ0v) is 31.5. The fourth-order valence-corrected chi connectivity index (χ4v) is 8.80. The third-order valence-electron chi connectivity index (χ3n) is 11.6. The number of pyridine rings is 1. The number of nitrogens with zero attached hydrogens (tertiary/aromatic N) is 8. The van der Waals surface area contributed by atoms with Crippen LogP contribution in [-0.2, 0) is 15.7 Å². The van der Waals surface area contributed by atoms with Crippen molar-refractivity contribution in [3.05, 3.63) is 138 Å². The largest absolute Gasteiger partial charge is 0.444 e. The lowest BCUT2D eigenvalue weighted by molar-refractivity contribution is 0.0240. The van der Waals surface area contributed by atoms with Crippen LogP contribution in [0.1, 0.15) is 68.8 Å². The smallest absolute Gasteiger partial charge is 0.410 e. The molecular weight excluding hydrogens is 685 g/mol. The minimum absolute atomic E-state index is 0.301. The normalized spacial score (nSPS) is 17.4. The monoisotopic (exact) mass is 728 g/mol. The van der Waals surface area contributed by atoms with Gasteiger partial charge in [0.05, 0.1) is 29.2 Å². The van der Waals surface area contributed by atoms with Crippen LogP contribution in [0, 0.1) is 16.7 Å². The van der Waals surface area contributed by atoms with Crippen molar-refractivity contribution in [1.29, 1.82) is 5.26 Å². The number of hydrogen-bond donors (Lipinski definition) is 0. The SMILES string of the molecule is CC(C)(C)OC(=O)N1CCN(c2cc(-c3nn(C(c4ccccc4)(c4ccccc4)c4ccccc4)c4cnc(C5(C#N)CC6(CC6)C5)cc34)ncn2)CC1. The van der Waals surface area contributed by atoms with Crippen LogP contribution in [0.15, 0.2) is 116 Å². The van der Waals surface area contributed by atoms with Crippen molar-refractivity contribution in [2.75, 3.05) is 31.1 Å². The molecule has 3 aromatic heterocycles. The molecule has 55 heavy (non-hydrogen) atoms. The van der Waals surface area contributed by atoms with E-state index in [0.29, 0.717) is 43.0 Å². The van der Waals surface area contributed by atoms with Crippen molar-refractivity contribution >= 4 is 22.8 Å². The van der Waals surface area contributed by atoms with Gasteiger partial charge in [-0.05, 0) is 74.6 Å². The van der Waals surface area contributed by atoms with Gasteiger partial charge >= 0.3 is 6.09 Å². The van der Waals surface area contributed by atoms with E-state index in [0.717, 1.165) is 51.9 Å². The van der Waals surface area contributed by atoms with E-state index in [2.05, 4.69) is 94.5 Å². The van der Waals surface area contributed by atoms with E-state index in [1.165, 1.54) is 12.8 Å². The zero-order chi connectivity index (χ0) is 37.8. The van der Waals surface area contributed by atoms with Crippen LogP contribution in [0.4, 0.5) is 10.6 Å². The highest BCUT2D eigenvalue weighted by atomic mass is 16.6. The number of amides is 1. The van der Waals surface area contributed by atoms with Gasteiger partial charge in [0.2, 0.25) is 0 Å². The summed E-state index contributed by atoms with van der Waals surface area (Å²) in [5, 5.41) is 17.1. The summed E-state index contributed by atoms with van der Waals surface area (Å²) in [6, 6.07) is 38.2. The fourth-order valence-electron chi connectivity index (χ4n) is 8.80. The second kappa shape index (κ2) is 13.0. The third-order valence-corrected chi connectivity index (χ3v) is 11.6. The number of hydrogen-bond acceptors (Lipinski definition) is 8. The van der Waals surface area contributed by atoms with Gasteiger partial charge in [0, 0.05) is 37.6 Å². The van der Waals surface area contributed by atoms with Crippen LogP contribution >= 0.6 is 0 Å². The maximum absolute atomic E-state index is 12.8. The topological polar surface area (TPSA) is 113 Å². The summed E-state index contributed by atoms with van der Waals surface area (Å²) in [6.45, 7) is 7.89. The average molecular weight is 729 g/mol. The molecule has 0 radical (unpaired) electrons. The Labute approximate surface area is 321 Å². The van der Waals surface area contributed by atoms with E-state index in [1.54, 1.807) is 11.2 Å². The second-order valence-electron chi connectivity index (χ2n) is 16.4. The van der Waals surface area contributed by atoms with Crippen molar-refractivity contribution in [1.82, 2.24) is 29.6 Å². The van der Waals surface area contributed by atoms with Crippen LogP contribution in [0.25, 0.3) is 22.3 Å². The van der Waals surface area contributed by atoms with Crippen molar-refractivity contribution in [2.45, 2.75) is 63.0 Å². The number of piperazine rings is 1. The van der Waals surface area contributed by atoms with Gasteiger partial charge in [0.25, 0.3) is 0 Å². The first kappa shape index (κ1) is 34.7. The van der Waals surface area contributed by atoms with Crippen LogP contribution in [0.2, 0.25) is 0 Å². The maximum atomic E-state index is 12.8. The Bertz CT molecular complexity index is 2300. The Kier molecular flexibility index (Phi) is 8.23. The number of nitriles is 1. The number of carbonyl (C=O) groups excluding carboxylic acids is 1. The van der Waals surface area contributed by atoms with Crippen molar-refractivity contribution in [3.8, 4) is 17.5 Å². The minimum Gasteiger partial charge on any atom is -0.444 e. The lowest BCUT2D eigenvalue weighted by Gasteiger charge is -2.43. The number of fused-ring (bicyclic) bond motifs is 1. The van der Waals surface area contributed by atoms with Crippen molar-refractivity contribution < 1.29 is 9.53 Å². The molecule has 1 amide bonds. The predicted octanol–water partition coefficient (Wildman–Crippen LogP) is 8.12. The Morgan fingerprint density at radius 1 is 0.782 bits per heavy atom. The van der Waals surface area contributed by atoms with Crippen LogP contribution in [0.3, 0.4) is 0 Å². The molecule has 2 aliphatic carbocycles. The van der Waals surface area contributed by atoms with Crippen LogP contribution in [-0.4, -0.2) is 67.5 Å². The molecule has 3 fully saturated rings. The van der Waals surface area contributed by atoms with Gasteiger partial charge in [-0.2, -0.15) is 10.4 Å². The molecule has 0 atom stereocenters. The number of ether oxygens (including phenoxy) is 1. The molecule has 10 nitrogen and oxygen atoms in total. The molecule has 1 aliphatic heterocycles. The molecule has 3 aromatic carbocycles. The number of anilines is 1. The van der Waals surface area contributed by atoms with E-state index >= 15 is 0 Å². The van der Waals surface area contributed by atoms with Gasteiger partial charge in [0.1, 0.15) is 34.4 Å². The van der Waals surface area contributed by atoms with Gasteiger partial charge in [-0.3, -0.25) is 4.98 Å². The Morgan fingerprint density at radius 3 is 1.89 bits per heavy atom. The number of rotatable bonds is 7. The molecule has 9 rings (SSSR count). The quantitative estimate of drug-likeness (QED) is 0.152. The summed E-state index contributed by atoms with van der Waals surface area (Å²) in [7, 11) is 0. The summed E-state index contributed by atoms with van der Waals surface area (Å²) in [5.41, 5.74) is 4.35. The molecular formula is C45H44N8O2. The molecule has 4 heterocycles. The summed E-state index contributed by atoms with van der Waals surface area (Å²) in [6.07, 6.45) is 7.26. The number of benzene rings is 3. The number of aromatic nitrogens is 5. The minimum atomic E-state index is -0.890. The predicted molar refractivity (Wildman–Crippen MR) is 211 cm³/mol. The second-order valence-corrected chi connectivity index (χ2v) is 16.4. The summed E-state index contributed by atoms with van der Waals surface area (Å²) >= 11 is 0. The molecule has 0 N–H and O–H groups in total. The molecule has 3 aliphatic rings. The van der Waals surface area contributed by atoms with Crippen LogP contribution < -0.4 is 4.90 Å². The lowest BCUT2D eigenvalue weighted by atomic mass is 9.58. The van der Waals surface area contributed by atoms with Gasteiger partial charge < -0.3 is 14.5 Å². The molecule has 276 valence electrons. The molecule has 1 spiro atoms. The van der Waals surface area contributed by atoms with Crippen molar-refractivity contribution in [3.63, 3.8) is 0 Å². The van der Waals surface area contributed by atoms with E-state index in [-0.39, 0.29) is 6.09 Å². The molecule has 0 bridgehead atoms. The molecule has 0 unspecified atom stereocenters. The molecule has 1 saturated heterocycles. The third kappa shape index (κ3) is 5.99. The van der Waals surface area contributed by atoms with E-state index in [9.17, 15) is 10.1 Å². The Hall–Kier alpha value is -6.08. The molecule has 6 aromatic rings. The highest BCUT2D eigenvalue weighted by Crippen LogP contribution is 2.68. The van der Waals surface area contributed by atoms with Crippen LogP contribution in [0.5, 0.6) is 0 Å². The molecule has 10 heteroatoms. The van der Waals surface area contributed by atoms with E-state index < -0.39 is 16.6 Å². The summed E-state index contributed by atoms with van der Waals surface area (Å²) in [4.78, 5) is 31.4. The van der Waals surface area contributed by atoms with Gasteiger partial charge in [-0.25, -0.2) is 19.4 Å². The van der Waals surface area contributed by atoms with Crippen molar-refractivity contribution in [2.24, 2.45) is 5.41 Å². The van der Waals surface area contributed by atoms with Gasteiger partial charge in [0.15, 0.2) is 0 Å². The fraction of sp³-hybridized carbons (Fsp3) is 0.333. The Morgan fingerprint density at radius 2 is 1.36 bits per heavy atom. The Balaban J connectivity index is 1.21. The highest BCUT2D eigenvalue weighted by molar-refractivity contribution is 5.93. The van der Waals surface area contributed by atoms with E-state index in [4.69, 9.17) is 24.8 Å². The standard InChI is InChI=1S/C45H44N8O2/c1-42(2,3)55-41(54)52-23-21-51(22-24-52)39-26-36(48-31-49-39)40-35-25-38(44(30-46)28-43(29-44)19-20-43)47-27-37(35)53(50-40)45(32-13-7-4-8-14-32,33-15-9-5-10-16-33)34-17-11-6-12-18-34/h4-18,25-27,31H,19-24,28-29H2,1-3H3. The number of carbonyl (C=O) groups is 1. The highest BCUT2D eigenvalue weighted by Gasteiger charge is 2.62. The summed E-state index contributed by atoms with van der Waals surface area (Å²) in [5.74, 6) is 0.759. The molecule has 2 saturated carbocycles. The first-order valence-electron chi connectivity index (χ1n) is 19.2. The van der Waals surface area contributed by atoms with Gasteiger partial charge in [-0.1, -0.05) is 91.0 Å².